The van der Waals surface area contributed by atoms with Crippen LogP contribution in [0.2, 0.25) is 0 Å². The molecule has 2 atom stereocenters. The zero-order valence-electron chi connectivity index (χ0n) is 7.03. The largest absolute Gasteiger partial charge is 0.474 e. The lowest BCUT2D eigenvalue weighted by atomic mass is 10.0. The number of fused-ring (bicyclic) bond motifs is 1. The maximum absolute atomic E-state index is 5.92. The molecule has 2 unspecified atom stereocenters. The van der Waals surface area contributed by atoms with Gasteiger partial charge >= 0.3 is 0 Å². The second-order valence-corrected chi connectivity index (χ2v) is 3.17. The van der Waals surface area contributed by atoms with Gasteiger partial charge in [0.05, 0.1) is 6.10 Å². The minimum atomic E-state index is 0.0810. The molecule has 2 rings (SSSR count). The molecule has 0 amide bonds. The Kier molecular flexibility index (Phi) is 1.73. The van der Waals surface area contributed by atoms with Crippen LogP contribution in [0.4, 0.5) is 0 Å². The Labute approximate surface area is 71.6 Å². The summed E-state index contributed by atoms with van der Waals surface area (Å²) < 4.78 is 5.51. The van der Waals surface area contributed by atoms with Crippen LogP contribution in [0.5, 0.6) is 5.88 Å². The molecule has 3 heteroatoms. The van der Waals surface area contributed by atoms with Gasteiger partial charge < -0.3 is 10.5 Å². The normalized spacial score (nSPS) is 27.5. The quantitative estimate of drug-likeness (QED) is 0.627. The summed E-state index contributed by atoms with van der Waals surface area (Å²) in [5.74, 6) is 0.698. The van der Waals surface area contributed by atoms with E-state index in [1.807, 2.05) is 19.1 Å². The third-order valence-corrected chi connectivity index (χ3v) is 2.10. The van der Waals surface area contributed by atoms with Crippen molar-refractivity contribution in [2.24, 2.45) is 5.73 Å². The first-order valence-electron chi connectivity index (χ1n) is 4.14. The van der Waals surface area contributed by atoms with Gasteiger partial charge in [0.25, 0.3) is 0 Å². The SMILES string of the molecule is CC1CC(N)c2cccnc2O1. The molecular formula is C9H12N2O. The van der Waals surface area contributed by atoms with Gasteiger partial charge in [-0.25, -0.2) is 4.98 Å². The molecule has 0 bridgehead atoms. The van der Waals surface area contributed by atoms with Crippen LogP contribution in [0.25, 0.3) is 0 Å². The van der Waals surface area contributed by atoms with E-state index in [4.69, 9.17) is 10.5 Å². The van der Waals surface area contributed by atoms with Gasteiger partial charge in [0.1, 0.15) is 0 Å². The van der Waals surface area contributed by atoms with Crippen molar-refractivity contribution in [2.75, 3.05) is 0 Å². The lowest BCUT2D eigenvalue weighted by Gasteiger charge is -2.26. The first kappa shape index (κ1) is 7.55. The molecule has 1 aromatic rings. The molecule has 0 spiro atoms. The molecule has 0 saturated heterocycles. The Morgan fingerprint density at radius 1 is 1.67 bits per heavy atom. The van der Waals surface area contributed by atoms with Gasteiger partial charge in [-0.2, -0.15) is 0 Å². The van der Waals surface area contributed by atoms with Crippen molar-refractivity contribution in [3.8, 4) is 5.88 Å². The van der Waals surface area contributed by atoms with E-state index < -0.39 is 0 Å². The average molecular weight is 164 g/mol. The molecule has 12 heavy (non-hydrogen) atoms. The molecule has 2 heterocycles. The number of hydrogen-bond acceptors (Lipinski definition) is 3. The zero-order valence-corrected chi connectivity index (χ0v) is 7.03. The first-order valence-corrected chi connectivity index (χ1v) is 4.14. The minimum Gasteiger partial charge on any atom is -0.474 e. The number of pyridine rings is 1. The van der Waals surface area contributed by atoms with Crippen molar-refractivity contribution in [3.05, 3.63) is 23.9 Å². The van der Waals surface area contributed by atoms with Crippen LogP contribution in [0.3, 0.4) is 0 Å². The van der Waals surface area contributed by atoms with Crippen molar-refractivity contribution in [1.29, 1.82) is 0 Å². The van der Waals surface area contributed by atoms with Crippen LogP contribution in [0.15, 0.2) is 18.3 Å². The molecule has 0 radical (unpaired) electrons. The Balaban J connectivity index is 2.40. The van der Waals surface area contributed by atoms with Crippen molar-refractivity contribution in [1.82, 2.24) is 4.98 Å². The van der Waals surface area contributed by atoms with E-state index >= 15 is 0 Å². The fourth-order valence-electron chi connectivity index (χ4n) is 1.51. The maximum Gasteiger partial charge on any atom is 0.218 e. The van der Waals surface area contributed by atoms with Crippen LogP contribution in [0.1, 0.15) is 24.9 Å². The summed E-state index contributed by atoms with van der Waals surface area (Å²) in [6.07, 6.45) is 2.78. The zero-order chi connectivity index (χ0) is 8.55. The number of nitrogens with zero attached hydrogens (tertiary/aromatic N) is 1. The van der Waals surface area contributed by atoms with Gasteiger partial charge in [-0.15, -0.1) is 0 Å². The lowest BCUT2D eigenvalue weighted by molar-refractivity contribution is 0.168. The summed E-state index contributed by atoms with van der Waals surface area (Å²) in [5, 5.41) is 0. The van der Waals surface area contributed by atoms with Crippen molar-refractivity contribution < 1.29 is 4.74 Å². The number of rotatable bonds is 0. The topological polar surface area (TPSA) is 48.1 Å². The summed E-state index contributed by atoms with van der Waals surface area (Å²) in [6, 6.07) is 3.94. The molecule has 0 aromatic carbocycles. The fraction of sp³-hybridized carbons (Fsp3) is 0.444. The third kappa shape index (κ3) is 1.16. The van der Waals surface area contributed by atoms with Crippen LogP contribution in [0, 0.1) is 0 Å². The predicted octanol–water partition coefficient (Wildman–Crippen LogP) is 1.25. The molecule has 3 nitrogen and oxygen atoms in total. The number of nitrogens with two attached hydrogens (primary N) is 1. The highest BCUT2D eigenvalue weighted by atomic mass is 16.5. The Bertz CT molecular complexity index is 288. The van der Waals surface area contributed by atoms with E-state index in [1.54, 1.807) is 6.20 Å². The van der Waals surface area contributed by atoms with Crippen molar-refractivity contribution >= 4 is 0 Å². The van der Waals surface area contributed by atoms with Gasteiger partial charge in [0.15, 0.2) is 0 Å². The summed E-state index contributed by atoms with van der Waals surface area (Å²) in [5.41, 5.74) is 6.94. The van der Waals surface area contributed by atoms with Crippen LogP contribution >= 0.6 is 0 Å². The highest BCUT2D eigenvalue weighted by Gasteiger charge is 2.23. The molecule has 64 valence electrons. The highest BCUT2D eigenvalue weighted by molar-refractivity contribution is 5.30. The van der Waals surface area contributed by atoms with Gasteiger partial charge in [0.2, 0.25) is 5.88 Å². The van der Waals surface area contributed by atoms with E-state index in [1.165, 1.54) is 0 Å². The second kappa shape index (κ2) is 2.75. The van der Waals surface area contributed by atoms with E-state index in [0.717, 1.165) is 12.0 Å². The van der Waals surface area contributed by atoms with Crippen LogP contribution in [-0.2, 0) is 0 Å². The van der Waals surface area contributed by atoms with Crippen LogP contribution in [-0.4, -0.2) is 11.1 Å². The van der Waals surface area contributed by atoms with E-state index in [2.05, 4.69) is 4.98 Å². The number of aromatic nitrogens is 1. The predicted molar refractivity (Wildman–Crippen MR) is 45.9 cm³/mol. The molecule has 0 saturated carbocycles. The molecular weight excluding hydrogens is 152 g/mol. The maximum atomic E-state index is 5.92. The third-order valence-electron chi connectivity index (χ3n) is 2.10. The molecule has 1 aromatic heterocycles. The molecule has 2 N–H and O–H groups in total. The standard InChI is InChI=1S/C9H12N2O/c1-6-5-8(10)7-3-2-4-11-9(7)12-6/h2-4,6,8H,5,10H2,1H3. The van der Waals surface area contributed by atoms with Gasteiger partial charge in [-0.05, 0) is 13.0 Å². The smallest absolute Gasteiger partial charge is 0.218 e. The summed E-state index contributed by atoms with van der Waals surface area (Å²) in [6.45, 7) is 2.01. The Morgan fingerprint density at radius 3 is 3.33 bits per heavy atom. The molecule has 1 aliphatic heterocycles. The van der Waals surface area contributed by atoms with E-state index in [9.17, 15) is 0 Å². The van der Waals surface area contributed by atoms with E-state index in [-0.39, 0.29) is 12.1 Å². The van der Waals surface area contributed by atoms with E-state index in [0.29, 0.717) is 5.88 Å². The summed E-state index contributed by atoms with van der Waals surface area (Å²) in [4.78, 5) is 4.12. The molecule has 0 aliphatic carbocycles. The monoisotopic (exact) mass is 164 g/mol. The summed E-state index contributed by atoms with van der Waals surface area (Å²) in [7, 11) is 0. The average Bonchev–Trinajstić information content (AvgIpc) is 2.04. The number of ether oxygens (including phenoxy) is 1. The van der Waals surface area contributed by atoms with Crippen molar-refractivity contribution in [3.63, 3.8) is 0 Å². The highest BCUT2D eigenvalue weighted by Crippen LogP contribution is 2.30. The first-order chi connectivity index (χ1) is 5.77. The van der Waals surface area contributed by atoms with Crippen LogP contribution < -0.4 is 10.5 Å². The number of hydrogen-bond donors (Lipinski definition) is 1. The van der Waals surface area contributed by atoms with Gasteiger partial charge in [0, 0.05) is 24.2 Å². The fourth-order valence-corrected chi connectivity index (χ4v) is 1.51. The van der Waals surface area contributed by atoms with Gasteiger partial charge in [-0.1, -0.05) is 6.07 Å². The minimum absolute atomic E-state index is 0.0810. The van der Waals surface area contributed by atoms with Gasteiger partial charge in [-0.3, -0.25) is 0 Å². The molecule has 0 fully saturated rings. The van der Waals surface area contributed by atoms with Crippen molar-refractivity contribution in [2.45, 2.75) is 25.5 Å². The Hall–Kier alpha value is -1.09. The lowest BCUT2D eigenvalue weighted by Crippen LogP contribution is -2.27. The summed E-state index contributed by atoms with van der Waals surface area (Å²) >= 11 is 0. The second-order valence-electron chi connectivity index (χ2n) is 3.17. The molecule has 1 aliphatic rings. The Morgan fingerprint density at radius 2 is 2.50 bits per heavy atom.